The van der Waals surface area contributed by atoms with E-state index in [1.165, 1.54) is 11.1 Å². The molecule has 0 saturated carbocycles. The van der Waals surface area contributed by atoms with Crippen molar-refractivity contribution < 1.29 is 0 Å². The van der Waals surface area contributed by atoms with Gasteiger partial charge in [-0.1, -0.05) is 24.3 Å². The van der Waals surface area contributed by atoms with Crippen molar-refractivity contribution in [2.24, 2.45) is 5.73 Å². The van der Waals surface area contributed by atoms with Crippen LogP contribution >= 0.6 is 0 Å². The average molecular weight is 279 g/mol. The number of nitrogens with zero attached hydrogens (tertiary/aromatic N) is 2. The molecule has 3 nitrogen and oxygen atoms in total. The molecule has 0 aliphatic rings. The molecule has 0 saturated heterocycles. The minimum Gasteiger partial charge on any atom is -0.328 e. The van der Waals surface area contributed by atoms with E-state index in [-0.39, 0.29) is 6.04 Å². The Hall–Kier alpha value is -2.13. The molecule has 1 heterocycles. The summed E-state index contributed by atoms with van der Waals surface area (Å²) >= 11 is 0. The maximum absolute atomic E-state index is 5.91. The van der Waals surface area contributed by atoms with Crippen LogP contribution in [0.3, 0.4) is 0 Å². The Balaban J connectivity index is 2.28. The summed E-state index contributed by atoms with van der Waals surface area (Å²) in [6.45, 7) is 7.00. The van der Waals surface area contributed by atoms with Gasteiger partial charge >= 0.3 is 0 Å². The molecule has 108 valence electrons. The van der Waals surface area contributed by atoms with Gasteiger partial charge in [0.25, 0.3) is 0 Å². The molecule has 2 aromatic carbocycles. The number of imidazole rings is 1. The molecule has 2 N–H and O–H groups in total. The Labute approximate surface area is 125 Å². The van der Waals surface area contributed by atoms with Crippen molar-refractivity contribution in [1.29, 1.82) is 0 Å². The van der Waals surface area contributed by atoms with Gasteiger partial charge in [-0.05, 0) is 50.1 Å². The summed E-state index contributed by atoms with van der Waals surface area (Å²) in [5.41, 5.74) is 11.8. The van der Waals surface area contributed by atoms with E-state index >= 15 is 0 Å². The van der Waals surface area contributed by atoms with Crippen LogP contribution in [-0.2, 0) is 0 Å². The number of benzene rings is 2. The van der Waals surface area contributed by atoms with Gasteiger partial charge in [0.2, 0.25) is 0 Å². The monoisotopic (exact) mass is 279 g/mol. The van der Waals surface area contributed by atoms with Crippen LogP contribution in [-0.4, -0.2) is 16.1 Å². The highest BCUT2D eigenvalue weighted by atomic mass is 15.1. The first-order chi connectivity index (χ1) is 10.1. The molecule has 0 radical (unpaired) electrons. The highest BCUT2D eigenvalue weighted by molar-refractivity contribution is 5.81. The van der Waals surface area contributed by atoms with Gasteiger partial charge in [-0.3, -0.25) is 0 Å². The summed E-state index contributed by atoms with van der Waals surface area (Å²) in [4.78, 5) is 4.83. The summed E-state index contributed by atoms with van der Waals surface area (Å²) in [5, 5.41) is 0. The van der Waals surface area contributed by atoms with E-state index in [1.807, 2.05) is 12.1 Å². The van der Waals surface area contributed by atoms with E-state index in [1.54, 1.807) is 0 Å². The van der Waals surface area contributed by atoms with Crippen LogP contribution in [0.25, 0.3) is 22.4 Å². The van der Waals surface area contributed by atoms with Crippen molar-refractivity contribution in [1.82, 2.24) is 9.55 Å². The maximum atomic E-state index is 5.91. The van der Waals surface area contributed by atoms with Crippen LogP contribution in [0.2, 0.25) is 0 Å². The lowest BCUT2D eigenvalue weighted by atomic mass is 10.1. The standard InChI is InChI=1S/C18H21N3/c1-12-8-9-15(10-13(12)2)18-20-16-6-4-5-7-17(16)21(18)14(3)11-19/h4-10,14H,11,19H2,1-3H3. The van der Waals surface area contributed by atoms with Crippen LogP contribution in [0.5, 0.6) is 0 Å². The van der Waals surface area contributed by atoms with E-state index in [9.17, 15) is 0 Å². The Morgan fingerprint density at radius 2 is 1.86 bits per heavy atom. The molecule has 3 rings (SSSR count). The molecule has 0 aliphatic heterocycles. The number of fused-ring (bicyclic) bond motifs is 1. The third-order valence-electron chi connectivity index (χ3n) is 4.14. The first-order valence-corrected chi connectivity index (χ1v) is 7.36. The topological polar surface area (TPSA) is 43.8 Å². The summed E-state index contributed by atoms with van der Waals surface area (Å²) in [6, 6.07) is 15.0. The van der Waals surface area contributed by atoms with E-state index in [0.717, 1.165) is 22.4 Å². The van der Waals surface area contributed by atoms with Crippen molar-refractivity contribution >= 4 is 11.0 Å². The fourth-order valence-electron chi connectivity index (χ4n) is 2.68. The van der Waals surface area contributed by atoms with E-state index < -0.39 is 0 Å². The largest absolute Gasteiger partial charge is 0.328 e. The van der Waals surface area contributed by atoms with Gasteiger partial charge in [0, 0.05) is 18.2 Å². The second-order valence-corrected chi connectivity index (χ2v) is 5.68. The molecule has 0 amide bonds. The van der Waals surface area contributed by atoms with Crippen molar-refractivity contribution in [3.63, 3.8) is 0 Å². The normalized spacial score (nSPS) is 12.8. The summed E-state index contributed by atoms with van der Waals surface area (Å²) in [5.74, 6) is 0.997. The second-order valence-electron chi connectivity index (χ2n) is 5.68. The molecule has 0 bridgehead atoms. The quantitative estimate of drug-likeness (QED) is 0.791. The fourth-order valence-corrected chi connectivity index (χ4v) is 2.68. The van der Waals surface area contributed by atoms with Gasteiger partial charge in [-0.15, -0.1) is 0 Å². The first-order valence-electron chi connectivity index (χ1n) is 7.36. The molecule has 3 heteroatoms. The van der Waals surface area contributed by atoms with Gasteiger partial charge in [0.15, 0.2) is 0 Å². The molecule has 0 spiro atoms. The Bertz CT molecular complexity index is 786. The minimum atomic E-state index is 0.217. The highest BCUT2D eigenvalue weighted by Gasteiger charge is 2.16. The molecular weight excluding hydrogens is 258 g/mol. The Morgan fingerprint density at radius 3 is 2.57 bits per heavy atom. The van der Waals surface area contributed by atoms with Gasteiger partial charge in [0.05, 0.1) is 11.0 Å². The molecule has 3 aromatic rings. The lowest BCUT2D eigenvalue weighted by Crippen LogP contribution is -2.16. The highest BCUT2D eigenvalue weighted by Crippen LogP contribution is 2.29. The van der Waals surface area contributed by atoms with E-state index in [4.69, 9.17) is 10.7 Å². The predicted octanol–water partition coefficient (Wildman–Crippen LogP) is 3.84. The third-order valence-corrected chi connectivity index (χ3v) is 4.14. The number of nitrogens with two attached hydrogens (primary N) is 1. The van der Waals surface area contributed by atoms with Crippen LogP contribution in [0.1, 0.15) is 24.1 Å². The van der Waals surface area contributed by atoms with Crippen molar-refractivity contribution in [3.8, 4) is 11.4 Å². The molecule has 21 heavy (non-hydrogen) atoms. The zero-order chi connectivity index (χ0) is 15.0. The number of para-hydroxylation sites is 2. The Morgan fingerprint density at radius 1 is 1.10 bits per heavy atom. The van der Waals surface area contributed by atoms with Gasteiger partial charge < -0.3 is 10.3 Å². The molecular formula is C18H21N3. The van der Waals surface area contributed by atoms with Gasteiger partial charge in [0.1, 0.15) is 5.82 Å². The smallest absolute Gasteiger partial charge is 0.141 e. The van der Waals surface area contributed by atoms with Gasteiger partial charge in [-0.2, -0.15) is 0 Å². The zero-order valence-electron chi connectivity index (χ0n) is 12.8. The fraction of sp³-hybridized carbons (Fsp3) is 0.278. The first kappa shape index (κ1) is 13.8. The second kappa shape index (κ2) is 5.34. The number of hydrogen-bond donors (Lipinski definition) is 1. The van der Waals surface area contributed by atoms with E-state index in [2.05, 4.69) is 55.7 Å². The van der Waals surface area contributed by atoms with Crippen LogP contribution in [0.4, 0.5) is 0 Å². The summed E-state index contributed by atoms with van der Waals surface area (Å²) in [6.07, 6.45) is 0. The predicted molar refractivity (Wildman–Crippen MR) is 88.4 cm³/mol. The maximum Gasteiger partial charge on any atom is 0.141 e. The zero-order valence-corrected chi connectivity index (χ0v) is 12.8. The summed E-state index contributed by atoms with van der Waals surface area (Å²) < 4.78 is 2.25. The van der Waals surface area contributed by atoms with Crippen molar-refractivity contribution in [3.05, 3.63) is 53.6 Å². The van der Waals surface area contributed by atoms with Crippen LogP contribution in [0.15, 0.2) is 42.5 Å². The lowest BCUT2D eigenvalue weighted by Gasteiger charge is -2.16. The average Bonchev–Trinajstić information content (AvgIpc) is 2.88. The number of hydrogen-bond acceptors (Lipinski definition) is 2. The number of rotatable bonds is 3. The van der Waals surface area contributed by atoms with Crippen molar-refractivity contribution in [2.45, 2.75) is 26.8 Å². The van der Waals surface area contributed by atoms with Crippen LogP contribution in [0, 0.1) is 13.8 Å². The lowest BCUT2D eigenvalue weighted by molar-refractivity contribution is 0.579. The van der Waals surface area contributed by atoms with Crippen LogP contribution < -0.4 is 5.73 Å². The third kappa shape index (κ3) is 2.34. The molecule has 1 aromatic heterocycles. The molecule has 0 fully saturated rings. The number of aryl methyl sites for hydroxylation is 2. The molecule has 1 atom stereocenters. The minimum absolute atomic E-state index is 0.217. The Kier molecular flexibility index (Phi) is 3.52. The summed E-state index contributed by atoms with van der Waals surface area (Å²) in [7, 11) is 0. The van der Waals surface area contributed by atoms with E-state index in [0.29, 0.717) is 6.54 Å². The number of aromatic nitrogens is 2. The molecule has 1 unspecified atom stereocenters. The molecule has 0 aliphatic carbocycles. The SMILES string of the molecule is Cc1ccc(-c2nc3ccccc3n2C(C)CN)cc1C. The van der Waals surface area contributed by atoms with Gasteiger partial charge in [-0.25, -0.2) is 4.98 Å². The van der Waals surface area contributed by atoms with Crippen molar-refractivity contribution in [2.75, 3.05) is 6.54 Å².